The van der Waals surface area contributed by atoms with E-state index in [4.69, 9.17) is 0 Å². The molecule has 1 heterocycles. The third-order valence-electron chi connectivity index (χ3n) is 3.21. The maximum absolute atomic E-state index is 10.2. The van der Waals surface area contributed by atoms with Crippen molar-refractivity contribution in [3.8, 4) is 0 Å². The SMILES string of the molecule is Cc1nn(C)c(C)c1C1(O)CC1C. The second kappa shape index (κ2) is 2.35. The highest BCUT2D eigenvalue weighted by molar-refractivity contribution is 5.36. The third kappa shape index (κ3) is 1.03. The lowest BCUT2D eigenvalue weighted by atomic mass is 10.0. The van der Waals surface area contributed by atoms with Crippen molar-refractivity contribution in [3.05, 3.63) is 17.0 Å². The van der Waals surface area contributed by atoms with Gasteiger partial charge in [0.05, 0.1) is 11.3 Å². The Hall–Kier alpha value is -0.830. The molecule has 1 aromatic rings. The first-order valence-corrected chi connectivity index (χ1v) is 4.70. The fourth-order valence-corrected chi connectivity index (χ4v) is 2.16. The van der Waals surface area contributed by atoms with Crippen molar-refractivity contribution < 1.29 is 5.11 Å². The van der Waals surface area contributed by atoms with E-state index in [1.165, 1.54) is 0 Å². The van der Waals surface area contributed by atoms with Crippen molar-refractivity contribution in [2.24, 2.45) is 13.0 Å². The van der Waals surface area contributed by atoms with Crippen LogP contribution in [0.3, 0.4) is 0 Å². The topological polar surface area (TPSA) is 38.0 Å². The first-order chi connectivity index (χ1) is 5.97. The molecule has 1 saturated carbocycles. The predicted octanol–water partition coefficient (Wildman–Crippen LogP) is 1.26. The normalized spacial score (nSPS) is 32.2. The molecule has 1 aliphatic carbocycles. The van der Waals surface area contributed by atoms with Crippen molar-refractivity contribution in [3.63, 3.8) is 0 Å². The summed E-state index contributed by atoms with van der Waals surface area (Å²) in [7, 11) is 1.92. The van der Waals surface area contributed by atoms with E-state index in [1.807, 2.05) is 25.6 Å². The van der Waals surface area contributed by atoms with Crippen LogP contribution in [0.5, 0.6) is 0 Å². The molecule has 1 N–H and O–H groups in total. The summed E-state index contributed by atoms with van der Waals surface area (Å²) in [5, 5.41) is 14.5. The lowest BCUT2D eigenvalue weighted by molar-refractivity contribution is 0.133. The standard InChI is InChI=1S/C10H16N2O/c1-6-5-10(6,13)9-7(2)11-12(4)8(9)3/h6,13H,5H2,1-4H3. The molecule has 1 aliphatic rings. The van der Waals surface area contributed by atoms with Crippen LogP contribution >= 0.6 is 0 Å². The minimum absolute atomic E-state index is 0.383. The summed E-state index contributed by atoms with van der Waals surface area (Å²) in [5.74, 6) is 0.383. The molecule has 3 nitrogen and oxygen atoms in total. The Kier molecular flexibility index (Phi) is 1.58. The predicted molar refractivity (Wildman–Crippen MR) is 50.4 cm³/mol. The Bertz CT molecular complexity index is 356. The van der Waals surface area contributed by atoms with E-state index in [2.05, 4.69) is 12.0 Å². The number of nitrogens with zero attached hydrogens (tertiary/aromatic N) is 2. The molecule has 3 heteroatoms. The highest BCUT2D eigenvalue weighted by Crippen LogP contribution is 2.53. The van der Waals surface area contributed by atoms with Crippen LogP contribution in [0.4, 0.5) is 0 Å². The molecule has 13 heavy (non-hydrogen) atoms. The van der Waals surface area contributed by atoms with Crippen LogP contribution in [-0.4, -0.2) is 14.9 Å². The molecule has 0 radical (unpaired) electrons. The zero-order chi connectivity index (χ0) is 9.80. The summed E-state index contributed by atoms with van der Waals surface area (Å²) in [4.78, 5) is 0. The number of aliphatic hydroxyl groups is 1. The van der Waals surface area contributed by atoms with E-state index < -0.39 is 5.60 Å². The molecular formula is C10H16N2O. The first-order valence-electron chi connectivity index (χ1n) is 4.70. The van der Waals surface area contributed by atoms with Gasteiger partial charge in [-0.25, -0.2) is 0 Å². The minimum Gasteiger partial charge on any atom is -0.385 e. The number of aromatic nitrogens is 2. The number of aryl methyl sites for hydroxylation is 2. The summed E-state index contributed by atoms with van der Waals surface area (Å²) in [5.41, 5.74) is 2.52. The van der Waals surface area contributed by atoms with Gasteiger partial charge in [0.2, 0.25) is 0 Å². The monoisotopic (exact) mass is 180 g/mol. The molecule has 2 atom stereocenters. The van der Waals surface area contributed by atoms with E-state index >= 15 is 0 Å². The van der Waals surface area contributed by atoms with Crippen molar-refractivity contribution >= 4 is 0 Å². The van der Waals surface area contributed by atoms with Gasteiger partial charge in [-0.1, -0.05) is 6.92 Å². The van der Waals surface area contributed by atoms with E-state index in [1.54, 1.807) is 0 Å². The molecule has 1 fully saturated rings. The lowest BCUT2D eigenvalue weighted by Gasteiger charge is -2.09. The number of rotatable bonds is 1. The van der Waals surface area contributed by atoms with Crippen LogP contribution in [0.15, 0.2) is 0 Å². The van der Waals surface area contributed by atoms with Crippen LogP contribution < -0.4 is 0 Å². The van der Waals surface area contributed by atoms with Crippen LogP contribution in [-0.2, 0) is 12.6 Å². The first kappa shape index (κ1) is 8.75. The summed E-state index contributed by atoms with van der Waals surface area (Å²) in [6.07, 6.45) is 0.875. The fourth-order valence-electron chi connectivity index (χ4n) is 2.16. The molecule has 1 aromatic heterocycles. The molecule has 0 spiro atoms. The van der Waals surface area contributed by atoms with Crippen molar-refractivity contribution in [2.75, 3.05) is 0 Å². The second-order valence-electron chi connectivity index (χ2n) is 4.20. The van der Waals surface area contributed by atoms with Crippen LogP contribution in [0.2, 0.25) is 0 Å². The van der Waals surface area contributed by atoms with E-state index in [-0.39, 0.29) is 0 Å². The Morgan fingerprint density at radius 1 is 1.54 bits per heavy atom. The Morgan fingerprint density at radius 2 is 2.08 bits per heavy atom. The largest absolute Gasteiger partial charge is 0.385 e. The average Bonchev–Trinajstić information content (AvgIpc) is 2.49. The van der Waals surface area contributed by atoms with Gasteiger partial charge < -0.3 is 5.11 Å². The molecule has 2 rings (SSSR count). The van der Waals surface area contributed by atoms with Crippen LogP contribution in [0, 0.1) is 19.8 Å². The third-order valence-corrected chi connectivity index (χ3v) is 3.21. The van der Waals surface area contributed by atoms with Gasteiger partial charge in [-0.15, -0.1) is 0 Å². The van der Waals surface area contributed by atoms with E-state index in [0.717, 1.165) is 23.4 Å². The number of hydrogen-bond acceptors (Lipinski definition) is 2. The second-order valence-corrected chi connectivity index (χ2v) is 4.20. The Labute approximate surface area is 78.4 Å². The van der Waals surface area contributed by atoms with E-state index in [0.29, 0.717) is 5.92 Å². The van der Waals surface area contributed by atoms with Gasteiger partial charge in [-0.3, -0.25) is 4.68 Å². The Balaban J connectivity index is 2.52. The zero-order valence-corrected chi connectivity index (χ0v) is 8.63. The lowest BCUT2D eigenvalue weighted by Crippen LogP contribution is -2.10. The van der Waals surface area contributed by atoms with Gasteiger partial charge in [0.15, 0.2) is 0 Å². The van der Waals surface area contributed by atoms with Gasteiger partial charge in [-0.05, 0) is 26.2 Å². The van der Waals surface area contributed by atoms with Gasteiger partial charge in [-0.2, -0.15) is 5.10 Å². The maximum atomic E-state index is 10.2. The van der Waals surface area contributed by atoms with Gasteiger partial charge >= 0.3 is 0 Å². The molecule has 0 amide bonds. The molecule has 2 unspecified atom stereocenters. The fraction of sp³-hybridized carbons (Fsp3) is 0.700. The van der Waals surface area contributed by atoms with Crippen LogP contribution in [0.25, 0.3) is 0 Å². The van der Waals surface area contributed by atoms with Crippen molar-refractivity contribution in [1.29, 1.82) is 0 Å². The minimum atomic E-state index is -0.581. The van der Waals surface area contributed by atoms with Crippen molar-refractivity contribution in [2.45, 2.75) is 32.8 Å². The van der Waals surface area contributed by atoms with Crippen LogP contribution in [0.1, 0.15) is 30.3 Å². The van der Waals surface area contributed by atoms with Crippen molar-refractivity contribution in [1.82, 2.24) is 9.78 Å². The van der Waals surface area contributed by atoms with Gasteiger partial charge in [0, 0.05) is 18.3 Å². The summed E-state index contributed by atoms with van der Waals surface area (Å²) >= 11 is 0. The molecule has 0 aromatic carbocycles. The highest BCUT2D eigenvalue weighted by Gasteiger charge is 2.53. The molecular weight excluding hydrogens is 164 g/mol. The molecule has 0 bridgehead atoms. The van der Waals surface area contributed by atoms with E-state index in [9.17, 15) is 5.11 Å². The highest BCUT2D eigenvalue weighted by atomic mass is 16.3. The average molecular weight is 180 g/mol. The zero-order valence-electron chi connectivity index (χ0n) is 8.63. The summed E-state index contributed by atoms with van der Waals surface area (Å²) in [6, 6.07) is 0. The quantitative estimate of drug-likeness (QED) is 0.706. The summed E-state index contributed by atoms with van der Waals surface area (Å²) in [6.45, 7) is 6.05. The summed E-state index contributed by atoms with van der Waals surface area (Å²) < 4.78 is 1.84. The molecule has 72 valence electrons. The maximum Gasteiger partial charge on any atom is 0.0962 e. The van der Waals surface area contributed by atoms with Gasteiger partial charge in [0.1, 0.15) is 0 Å². The number of hydrogen-bond donors (Lipinski definition) is 1. The Morgan fingerprint density at radius 3 is 2.38 bits per heavy atom. The molecule has 0 saturated heterocycles. The van der Waals surface area contributed by atoms with Gasteiger partial charge in [0.25, 0.3) is 0 Å². The molecule has 0 aliphatic heterocycles. The smallest absolute Gasteiger partial charge is 0.0962 e.